The SMILES string of the molecule is O=C(c1ccc(N2CCC3(CC2)OCCO3)cn1)N1CCC2(CC1)OCCO2. The second-order valence-electron chi connectivity index (χ2n) is 7.90. The zero-order chi connectivity index (χ0) is 19.0. The Kier molecular flexibility index (Phi) is 4.74. The molecule has 4 saturated heterocycles. The van der Waals surface area contributed by atoms with Crippen molar-refractivity contribution in [2.24, 2.45) is 0 Å². The number of pyridine rings is 1. The summed E-state index contributed by atoms with van der Waals surface area (Å²) in [7, 11) is 0. The molecule has 152 valence electrons. The summed E-state index contributed by atoms with van der Waals surface area (Å²) in [4.78, 5) is 21.4. The lowest BCUT2D eigenvalue weighted by Crippen LogP contribution is -2.47. The van der Waals surface area contributed by atoms with Crippen LogP contribution in [0.1, 0.15) is 36.2 Å². The van der Waals surface area contributed by atoms with Crippen molar-refractivity contribution in [3.63, 3.8) is 0 Å². The third kappa shape index (κ3) is 3.39. The molecule has 0 saturated carbocycles. The minimum Gasteiger partial charge on any atom is -0.370 e. The van der Waals surface area contributed by atoms with Crippen LogP contribution >= 0.6 is 0 Å². The summed E-state index contributed by atoms with van der Waals surface area (Å²) in [6.45, 7) is 5.67. The number of nitrogens with zero attached hydrogens (tertiary/aromatic N) is 3. The fourth-order valence-electron chi connectivity index (χ4n) is 4.59. The molecule has 4 aliphatic heterocycles. The molecule has 2 spiro atoms. The minimum absolute atomic E-state index is 0.0234. The Balaban J connectivity index is 1.18. The van der Waals surface area contributed by atoms with Crippen LogP contribution < -0.4 is 4.90 Å². The molecule has 0 unspecified atom stereocenters. The molecule has 28 heavy (non-hydrogen) atoms. The summed E-state index contributed by atoms with van der Waals surface area (Å²) >= 11 is 0. The Labute approximate surface area is 164 Å². The highest BCUT2D eigenvalue weighted by atomic mass is 16.7. The van der Waals surface area contributed by atoms with Crippen LogP contribution in [0.25, 0.3) is 0 Å². The van der Waals surface area contributed by atoms with E-state index >= 15 is 0 Å². The fourth-order valence-corrected chi connectivity index (χ4v) is 4.59. The Hall–Kier alpha value is -1.74. The van der Waals surface area contributed by atoms with Crippen LogP contribution in [0, 0.1) is 0 Å². The molecule has 1 aromatic rings. The first-order valence-corrected chi connectivity index (χ1v) is 10.2. The van der Waals surface area contributed by atoms with E-state index in [0.29, 0.717) is 45.2 Å². The lowest BCUT2D eigenvalue weighted by Gasteiger charge is -2.38. The second-order valence-corrected chi connectivity index (χ2v) is 7.90. The number of carbonyl (C=O) groups is 1. The number of hydrogen-bond donors (Lipinski definition) is 0. The van der Waals surface area contributed by atoms with Gasteiger partial charge in [-0.05, 0) is 12.1 Å². The number of amides is 1. The molecule has 8 nitrogen and oxygen atoms in total. The lowest BCUT2D eigenvalue weighted by molar-refractivity contribution is -0.181. The second kappa shape index (κ2) is 7.26. The normalized spacial score (nSPS) is 26.3. The number of rotatable bonds is 2. The van der Waals surface area contributed by atoms with Crippen molar-refractivity contribution in [2.75, 3.05) is 57.5 Å². The van der Waals surface area contributed by atoms with Gasteiger partial charge in [0.2, 0.25) is 0 Å². The number of carbonyl (C=O) groups excluding carboxylic acids is 1. The van der Waals surface area contributed by atoms with E-state index in [-0.39, 0.29) is 11.7 Å². The van der Waals surface area contributed by atoms with E-state index in [4.69, 9.17) is 18.9 Å². The van der Waals surface area contributed by atoms with Crippen molar-refractivity contribution in [1.29, 1.82) is 0 Å². The maximum absolute atomic E-state index is 12.8. The van der Waals surface area contributed by atoms with Crippen LogP contribution in [0.3, 0.4) is 0 Å². The van der Waals surface area contributed by atoms with Crippen molar-refractivity contribution in [3.8, 4) is 0 Å². The third-order valence-corrected chi connectivity index (χ3v) is 6.30. The van der Waals surface area contributed by atoms with E-state index in [2.05, 4.69) is 9.88 Å². The summed E-state index contributed by atoms with van der Waals surface area (Å²) in [6.07, 6.45) is 4.95. The predicted molar refractivity (Wildman–Crippen MR) is 100 cm³/mol. The van der Waals surface area contributed by atoms with Gasteiger partial charge in [-0.15, -0.1) is 0 Å². The maximum atomic E-state index is 12.8. The highest BCUT2D eigenvalue weighted by Crippen LogP contribution is 2.34. The Morgan fingerprint density at radius 1 is 0.821 bits per heavy atom. The largest absolute Gasteiger partial charge is 0.370 e. The molecule has 0 N–H and O–H groups in total. The molecule has 0 radical (unpaired) electrons. The van der Waals surface area contributed by atoms with Gasteiger partial charge in [0.1, 0.15) is 5.69 Å². The lowest BCUT2D eigenvalue weighted by atomic mass is 10.0. The standard InChI is InChI=1S/C20H27N3O5/c24-18(23-9-5-20(6-10-23)27-13-14-28-20)17-2-1-16(15-21-17)22-7-3-19(4-8-22)25-11-12-26-19/h1-2,15H,3-14H2. The molecule has 0 atom stereocenters. The van der Waals surface area contributed by atoms with Gasteiger partial charge in [-0.3, -0.25) is 4.79 Å². The van der Waals surface area contributed by atoms with Gasteiger partial charge in [0, 0.05) is 51.9 Å². The number of likely N-dealkylation sites (tertiary alicyclic amines) is 1. The van der Waals surface area contributed by atoms with E-state index < -0.39 is 5.79 Å². The first kappa shape index (κ1) is 18.3. The highest BCUT2D eigenvalue weighted by molar-refractivity contribution is 5.92. The fraction of sp³-hybridized carbons (Fsp3) is 0.700. The van der Waals surface area contributed by atoms with Crippen molar-refractivity contribution in [2.45, 2.75) is 37.3 Å². The average molecular weight is 389 g/mol. The van der Waals surface area contributed by atoms with Gasteiger partial charge in [-0.2, -0.15) is 0 Å². The summed E-state index contributed by atoms with van der Waals surface area (Å²) in [5.74, 6) is -0.866. The molecule has 5 rings (SSSR count). The van der Waals surface area contributed by atoms with Crippen molar-refractivity contribution < 1.29 is 23.7 Å². The van der Waals surface area contributed by atoms with Crippen LogP contribution in [0.2, 0.25) is 0 Å². The first-order chi connectivity index (χ1) is 13.7. The van der Waals surface area contributed by atoms with Gasteiger partial charge >= 0.3 is 0 Å². The maximum Gasteiger partial charge on any atom is 0.272 e. The number of piperidine rings is 2. The molecule has 5 heterocycles. The van der Waals surface area contributed by atoms with E-state index in [0.717, 1.165) is 44.5 Å². The number of anilines is 1. The summed E-state index contributed by atoms with van der Waals surface area (Å²) in [5.41, 5.74) is 1.53. The average Bonchev–Trinajstić information content (AvgIpc) is 3.39. The number of aromatic nitrogens is 1. The van der Waals surface area contributed by atoms with E-state index in [1.807, 2.05) is 17.0 Å². The molecular weight excluding hydrogens is 362 g/mol. The Morgan fingerprint density at radius 2 is 1.36 bits per heavy atom. The zero-order valence-electron chi connectivity index (χ0n) is 16.1. The van der Waals surface area contributed by atoms with Crippen molar-refractivity contribution in [3.05, 3.63) is 24.0 Å². The van der Waals surface area contributed by atoms with E-state index in [1.165, 1.54) is 0 Å². The highest BCUT2D eigenvalue weighted by Gasteiger charge is 2.41. The van der Waals surface area contributed by atoms with Gasteiger partial charge in [0.25, 0.3) is 5.91 Å². The van der Waals surface area contributed by atoms with Crippen LogP contribution in [0.5, 0.6) is 0 Å². The number of hydrogen-bond acceptors (Lipinski definition) is 7. The van der Waals surface area contributed by atoms with Gasteiger partial charge < -0.3 is 28.7 Å². The monoisotopic (exact) mass is 389 g/mol. The van der Waals surface area contributed by atoms with Gasteiger partial charge in [-0.25, -0.2) is 4.98 Å². The summed E-state index contributed by atoms with van der Waals surface area (Å²) < 4.78 is 23.0. The van der Waals surface area contributed by atoms with Crippen LogP contribution in [0.4, 0.5) is 5.69 Å². The van der Waals surface area contributed by atoms with Gasteiger partial charge in [0.05, 0.1) is 38.3 Å². The van der Waals surface area contributed by atoms with Gasteiger partial charge in [-0.1, -0.05) is 0 Å². The quantitative estimate of drug-likeness (QED) is 0.757. The molecule has 1 aromatic heterocycles. The van der Waals surface area contributed by atoms with E-state index in [1.54, 1.807) is 6.20 Å². The molecule has 8 heteroatoms. The van der Waals surface area contributed by atoms with Crippen LogP contribution in [-0.2, 0) is 18.9 Å². The molecule has 4 aliphatic rings. The minimum atomic E-state index is -0.466. The summed E-state index contributed by atoms with van der Waals surface area (Å²) in [5, 5.41) is 0. The number of ether oxygens (including phenoxy) is 4. The molecular formula is C20H27N3O5. The predicted octanol–water partition coefficient (Wildman–Crippen LogP) is 1.40. The van der Waals surface area contributed by atoms with Crippen molar-refractivity contribution >= 4 is 11.6 Å². The first-order valence-electron chi connectivity index (χ1n) is 10.2. The van der Waals surface area contributed by atoms with Crippen LogP contribution in [-0.4, -0.2) is 80.0 Å². The Morgan fingerprint density at radius 3 is 1.86 bits per heavy atom. The van der Waals surface area contributed by atoms with Crippen LogP contribution in [0.15, 0.2) is 18.3 Å². The topological polar surface area (TPSA) is 73.4 Å². The van der Waals surface area contributed by atoms with Crippen molar-refractivity contribution in [1.82, 2.24) is 9.88 Å². The van der Waals surface area contributed by atoms with E-state index in [9.17, 15) is 4.79 Å². The third-order valence-electron chi connectivity index (χ3n) is 6.30. The molecule has 0 aromatic carbocycles. The molecule has 0 aliphatic carbocycles. The summed E-state index contributed by atoms with van der Waals surface area (Å²) in [6, 6.07) is 3.82. The Bertz CT molecular complexity index is 693. The van der Waals surface area contributed by atoms with Gasteiger partial charge in [0.15, 0.2) is 11.6 Å². The molecule has 0 bridgehead atoms. The zero-order valence-corrected chi connectivity index (χ0v) is 16.1. The smallest absolute Gasteiger partial charge is 0.272 e. The molecule has 4 fully saturated rings. The molecule has 1 amide bonds.